The maximum atomic E-state index is 12.9. The summed E-state index contributed by atoms with van der Waals surface area (Å²) in [5.41, 5.74) is 1.13. The fraction of sp³-hybridized carbons (Fsp3) is 0.632. The van der Waals surface area contributed by atoms with E-state index in [9.17, 15) is 4.39 Å². The minimum Gasteiger partial charge on any atom is -0.357 e. The Bertz CT molecular complexity index is 501. The second-order valence-corrected chi connectivity index (χ2v) is 6.42. The summed E-state index contributed by atoms with van der Waals surface area (Å²) in [6.45, 7) is 10.4. The van der Waals surface area contributed by atoms with E-state index in [1.165, 1.54) is 31.5 Å². The van der Waals surface area contributed by atoms with Crippen molar-refractivity contribution in [1.29, 1.82) is 0 Å². The van der Waals surface area contributed by atoms with Crippen LogP contribution in [-0.4, -0.2) is 50.1 Å². The predicted molar refractivity (Wildman–Crippen MR) is 98.9 cm³/mol. The highest BCUT2D eigenvalue weighted by atomic mass is 19.1. The van der Waals surface area contributed by atoms with Crippen molar-refractivity contribution in [2.75, 3.05) is 39.3 Å². The molecule has 4 nitrogen and oxygen atoms in total. The van der Waals surface area contributed by atoms with Crippen LogP contribution in [0.15, 0.2) is 29.3 Å². The topological polar surface area (TPSA) is 39.7 Å². The molecule has 1 aliphatic heterocycles. The molecule has 0 spiro atoms. The fourth-order valence-electron chi connectivity index (χ4n) is 3.13. The van der Waals surface area contributed by atoms with E-state index in [-0.39, 0.29) is 5.82 Å². The molecule has 1 atom stereocenters. The van der Waals surface area contributed by atoms with Gasteiger partial charge in [0.25, 0.3) is 0 Å². The Morgan fingerprint density at radius 3 is 2.75 bits per heavy atom. The van der Waals surface area contributed by atoms with Crippen molar-refractivity contribution in [3.8, 4) is 0 Å². The zero-order valence-electron chi connectivity index (χ0n) is 15.0. The smallest absolute Gasteiger partial charge is 0.191 e. The number of aliphatic imine (C=N–C) groups is 1. The molecule has 1 unspecified atom stereocenters. The van der Waals surface area contributed by atoms with E-state index < -0.39 is 0 Å². The lowest BCUT2D eigenvalue weighted by molar-refractivity contribution is 0.186. The monoisotopic (exact) mass is 334 g/mol. The number of rotatable bonds is 7. The van der Waals surface area contributed by atoms with Crippen molar-refractivity contribution in [2.24, 2.45) is 10.9 Å². The van der Waals surface area contributed by atoms with Gasteiger partial charge in [0, 0.05) is 26.2 Å². The number of nitrogens with one attached hydrogen (secondary N) is 2. The van der Waals surface area contributed by atoms with E-state index in [0.717, 1.165) is 50.7 Å². The van der Waals surface area contributed by atoms with Gasteiger partial charge in [-0.05, 0) is 62.9 Å². The van der Waals surface area contributed by atoms with Crippen LogP contribution in [0.25, 0.3) is 0 Å². The molecule has 0 bridgehead atoms. The van der Waals surface area contributed by atoms with Gasteiger partial charge in [0.05, 0.1) is 0 Å². The quantitative estimate of drug-likeness (QED) is 0.595. The first-order chi connectivity index (χ1) is 11.7. The van der Waals surface area contributed by atoms with E-state index in [1.807, 2.05) is 12.1 Å². The number of benzene rings is 1. The first-order valence-electron chi connectivity index (χ1n) is 9.20. The van der Waals surface area contributed by atoms with E-state index in [0.29, 0.717) is 5.92 Å². The molecule has 2 N–H and O–H groups in total. The lowest BCUT2D eigenvalue weighted by Gasteiger charge is -2.31. The van der Waals surface area contributed by atoms with E-state index in [4.69, 9.17) is 4.99 Å². The summed E-state index contributed by atoms with van der Waals surface area (Å²) in [5, 5.41) is 6.69. The second kappa shape index (κ2) is 10.3. The fourth-order valence-corrected chi connectivity index (χ4v) is 3.13. The summed E-state index contributed by atoms with van der Waals surface area (Å²) < 4.78 is 12.9. The van der Waals surface area contributed by atoms with E-state index in [1.54, 1.807) is 0 Å². The molecule has 1 aromatic carbocycles. The Hall–Kier alpha value is -1.62. The van der Waals surface area contributed by atoms with Crippen LogP contribution < -0.4 is 10.6 Å². The molecule has 1 aromatic rings. The van der Waals surface area contributed by atoms with Crippen LogP contribution in [0.5, 0.6) is 0 Å². The number of hydrogen-bond acceptors (Lipinski definition) is 2. The molecule has 1 saturated heterocycles. The maximum absolute atomic E-state index is 12.9. The van der Waals surface area contributed by atoms with Crippen LogP contribution in [0.2, 0.25) is 0 Å². The van der Waals surface area contributed by atoms with Crippen LogP contribution in [0.4, 0.5) is 4.39 Å². The highest BCUT2D eigenvalue weighted by molar-refractivity contribution is 5.79. The van der Waals surface area contributed by atoms with Crippen LogP contribution in [0, 0.1) is 11.7 Å². The normalized spacial score (nSPS) is 19.3. The number of nitrogens with zero attached hydrogens (tertiary/aromatic N) is 2. The molecule has 5 heteroatoms. The summed E-state index contributed by atoms with van der Waals surface area (Å²) in [6.07, 6.45) is 3.41. The van der Waals surface area contributed by atoms with Gasteiger partial charge >= 0.3 is 0 Å². The average molecular weight is 334 g/mol. The van der Waals surface area contributed by atoms with E-state index in [2.05, 4.69) is 29.4 Å². The Labute approximate surface area is 145 Å². The number of likely N-dealkylation sites (tertiary alicyclic amines) is 1. The lowest BCUT2D eigenvalue weighted by Crippen LogP contribution is -2.40. The van der Waals surface area contributed by atoms with Crippen molar-refractivity contribution < 1.29 is 4.39 Å². The second-order valence-electron chi connectivity index (χ2n) is 6.42. The molecule has 24 heavy (non-hydrogen) atoms. The van der Waals surface area contributed by atoms with Crippen LogP contribution in [0.1, 0.15) is 32.3 Å². The van der Waals surface area contributed by atoms with Crippen LogP contribution in [-0.2, 0) is 6.42 Å². The molecule has 1 fully saturated rings. The number of piperidine rings is 1. The standard InChI is InChI=1S/C19H31FN4/c1-3-21-19(22-12-11-16-7-9-18(20)10-8-16)23-14-17-6-5-13-24(4-2)15-17/h7-10,17H,3-6,11-15H2,1-2H3,(H2,21,22,23). The Kier molecular flexibility index (Phi) is 8.02. The zero-order valence-corrected chi connectivity index (χ0v) is 15.0. The van der Waals surface area contributed by atoms with Crippen LogP contribution >= 0.6 is 0 Å². The number of guanidine groups is 1. The summed E-state index contributed by atoms with van der Waals surface area (Å²) in [6, 6.07) is 6.69. The number of halogens is 1. The van der Waals surface area contributed by atoms with Gasteiger partial charge in [-0.15, -0.1) is 0 Å². The molecule has 0 saturated carbocycles. The molecule has 2 rings (SSSR count). The van der Waals surface area contributed by atoms with Gasteiger partial charge in [-0.1, -0.05) is 19.1 Å². The molecule has 134 valence electrons. The first kappa shape index (κ1) is 18.7. The molecule has 0 aromatic heterocycles. The average Bonchev–Trinajstić information content (AvgIpc) is 2.61. The predicted octanol–water partition coefficient (Wildman–Crippen LogP) is 2.66. The van der Waals surface area contributed by atoms with Gasteiger partial charge in [-0.2, -0.15) is 0 Å². The van der Waals surface area contributed by atoms with Gasteiger partial charge in [-0.3, -0.25) is 4.99 Å². The lowest BCUT2D eigenvalue weighted by atomic mass is 9.98. The molecular weight excluding hydrogens is 303 g/mol. The Morgan fingerprint density at radius 2 is 2.04 bits per heavy atom. The maximum Gasteiger partial charge on any atom is 0.191 e. The molecule has 0 aliphatic carbocycles. The summed E-state index contributed by atoms with van der Waals surface area (Å²) in [4.78, 5) is 7.27. The third-order valence-electron chi connectivity index (χ3n) is 4.52. The van der Waals surface area contributed by atoms with Crippen molar-refractivity contribution >= 4 is 5.96 Å². The third kappa shape index (κ3) is 6.48. The summed E-state index contributed by atoms with van der Waals surface area (Å²) in [7, 11) is 0. The third-order valence-corrected chi connectivity index (χ3v) is 4.52. The highest BCUT2D eigenvalue weighted by Gasteiger charge is 2.18. The van der Waals surface area contributed by atoms with Gasteiger partial charge in [-0.25, -0.2) is 4.39 Å². The van der Waals surface area contributed by atoms with Crippen molar-refractivity contribution in [3.05, 3.63) is 35.6 Å². The van der Waals surface area contributed by atoms with Gasteiger partial charge < -0.3 is 15.5 Å². The molecule has 0 radical (unpaired) electrons. The molecule has 0 amide bonds. The largest absolute Gasteiger partial charge is 0.357 e. The molecule has 1 aliphatic rings. The van der Waals surface area contributed by atoms with Gasteiger partial charge in [0.15, 0.2) is 5.96 Å². The Balaban J connectivity index is 1.78. The first-order valence-corrected chi connectivity index (χ1v) is 9.20. The van der Waals surface area contributed by atoms with Gasteiger partial charge in [0.2, 0.25) is 0 Å². The summed E-state index contributed by atoms with van der Waals surface area (Å²) in [5.74, 6) is 1.36. The van der Waals surface area contributed by atoms with Gasteiger partial charge in [0.1, 0.15) is 5.82 Å². The summed E-state index contributed by atoms with van der Waals surface area (Å²) >= 11 is 0. The number of hydrogen-bond donors (Lipinski definition) is 2. The zero-order chi connectivity index (χ0) is 17.2. The molecule has 1 heterocycles. The SMILES string of the molecule is CCNC(=NCC1CCCN(CC)C1)NCCc1ccc(F)cc1. The minimum atomic E-state index is -0.185. The van der Waals surface area contributed by atoms with Crippen LogP contribution in [0.3, 0.4) is 0 Å². The van der Waals surface area contributed by atoms with Crippen molar-refractivity contribution in [2.45, 2.75) is 33.1 Å². The highest BCUT2D eigenvalue weighted by Crippen LogP contribution is 2.16. The van der Waals surface area contributed by atoms with Crippen molar-refractivity contribution in [3.63, 3.8) is 0 Å². The van der Waals surface area contributed by atoms with E-state index >= 15 is 0 Å². The molecular formula is C19H31FN4. The van der Waals surface area contributed by atoms with Crippen molar-refractivity contribution in [1.82, 2.24) is 15.5 Å². The minimum absolute atomic E-state index is 0.185. The Morgan fingerprint density at radius 1 is 1.25 bits per heavy atom.